The smallest absolute Gasteiger partial charge is 0.188 e. The number of anilines is 3. The zero-order valence-corrected chi connectivity index (χ0v) is 20.5. The van der Waals surface area contributed by atoms with Gasteiger partial charge in [0, 0.05) is 11.4 Å². The van der Waals surface area contributed by atoms with Crippen LogP contribution in [0.5, 0.6) is 0 Å². The van der Waals surface area contributed by atoms with Crippen LogP contribution in [-0.2, 0) is 0 Å². The molecule has 0 N–H and O–H groups in total. The van der Waals surface area contributed by atoms with E-state index in [0.29, 0.717) is 11.3 Å². The zero-order valence-electron chi connectivity index (χ0n) is 19.5. The first-order valence-electron chi connectivity index (χ1n) is 11.8. The summed E-state index contributed by atoms with van der Waals surface area (Å²) in [5.74, 6) is 0. The lowest BCUT2D eigenvalue weighted by molar-refractivity contribution is 1.28. The van der Waals surface area contributed by atoms with Gasteiger partial charge >= 0.3 is 0 Å². The average Bonchev–Trinajstić information content (AvgIpc) is 2.96. The lowest BCUT2D eigenvalue weighted by Crippen LogP contribution is -2.77. The van der Waals surface area contributed by atoms with E-state index < -0.39 is 8.07 Å². The molecule has 1 heterocycles. The van der Waals surface area contributed by atoms with Crippen LogP contribution in [0.15, 0.2) is 127 Å². The van der Waals surface area contributed by atoms with Crippen LogP contribution in [0, 0.1) is 17.9 Å². The van der Waals surface area contributed by atoms with Gasteiger partial charge in [0.15, 0.2) is 13.8 Å². The van der Waals surface area contributed by atoms with Crippen molar-refractivity contribution in [1.82, 2.24) is 0 Å². The Bertz CT molecular complexity index is 1570. The molecule has 0 fully saturated rings. The van der Waals surface area contributed by atoms with Gasteiger partial charge in [-0.15, -0.1) is 0 Å². The molecule has 0 radical (unpaired) electrons. The predicted octanol–water partition coefficient (Wildman–Crippen LogP) is 5.27. The summed E-state index contributed by atoms with van der Waals surface area (Å²) in [6.45, 7) is 7.41. The van der Waals surface area contributed by atoms with Crippen molar-refractivity contribution in [2.45, 2.75) is 0 Å². The van der Waals surface area contributed by atoms with E-state index in [-0.39, 0.29) is 0 Å². The summed E-state index contributed by atoms with van der Waals surface area (Å²) in [6.07, 6.45) is 0. The van der Waals surface area contributed by atoms with E-state index >= 15 is 0 Å². The third-order valence-corrected chi connectivity index (χ3v) is 11.8. The number of para-hydroxylation sites is 2. The van der Waals surface area contributed by atoms with Crippen molar-refractivity contribution in [2.24, 2.45) is 0 Å². The molecule has 5 aromatic rings. The van der Waals surface area contributed by atoms with Crippen LogP contribution in [-0.4, -0.2) is 8.07 Å². The van der Waals surface area contributed by atoms with E-state index in [1.807, 2.05) is 6.07 Å². The molecule has 0 aromatic heterocycles. The van der Waals surface area contributed by atoms with Gasteiger partial charge in [-0.3, -0.25) is 0 Å². The number of hydrogen-bond donors (Lipinski definition) is 0. The van der Waals surface area contributed by atoms with Crippen LogP contribution >= 0.6 is 0 Å². The number of benzene rings is 5. The monoisotopic (exact) mass is 475 g/mol. The summed E-state index contributed by atoms with van der Waals surface area (Å²) >= 11 is 0. The van der Waals surface area contributed by atoms with Crippen LogP contribution in [0.25, 0.3) is 4.85 Å². The largest absolute Gasteiger partial charge is 0.309 e. The van der Waals surface area contributed by atoms with Gasteiger partial charge in [0.25, 0.3) is 0 Å². The Morgan fingerprint density at radius 1 is 0.611 bits per heavy atom. The van der Waals surface area contributed by atoms with Crippen molar-refractivity contribution >= 4 is 51.6 Å². The standard InChI is InChI=1S/C32H21N3Si/c1-34-25-20-21-28(24(22-25)23-33)35-29-16-8-10-18-31(29)36(26-12-4-2-5-13-26,27-14-6-3-7-15-27)32-19-11-9-17-30(32)35/h2-22H. The Balaban J connectivity index is 1.76. The Labute approximate surface area is 212 Å². The lowest BCUT2D eigenvalue weighted by Gasteiger charge is -2.45. The van der Waals surface area contributed by atoms with Crippen LogP contribution in [0.3, 0.4) is 0 Å². The van der Waals surface area contributed by atoms with Crippen molar-refractivity contribution in [1.29, 1.82) is 5.26 Å². The molecule has 1 aliphatic rings. The second kappa shape index (κ2) is 8.71. The number of nitrogens with zero attached hydrogens (tertiary/aromatic N) is 3. The SMILES string of the molecule is [C-]#[N+]c1ccc(N2c3ccccc3[Si](c3ccccc3)(c3ccccc3)c3ccccc32)c(C#N)c1. The van der Waals surface area contributed by atoms with E-state index in [1.54, 1.807) is 12.1 Å². The van der Waals surface area contributed by atoms with Crippen molar-refractivity contribution in [2.75, 3.05) is 4.90 Å². The molecule has 3 nitrogen and oxygen atoms in total. The zero-order chi connectivity index (χ0) is 24.5. The van der Waals surface area contributed by atoms with Crippen molar-refractivity contribution < 1.29 is 0 Å². The summed E-state index contributed by atoms with van der Waals surface area (Å²) < 4.78 is 0. The summed E-state index contributed by atoms with van der Waals surface area (Å²) in [7, 11) is -2.67. The van der Waals surface area contributed by atoms with E-state index in [2.05, 4.69) is 125 Å². The molecule has 5 aromatic carbocycles. The third-order valence-electron chi connectivity index (χ3n) is 6.98. The fourth-order valence-electron chi connectivity index (χ4n) is 5.55. The molecule has 0 amide bonds. The number of nitriles is 1. The lowest BCUT2D eigenvalue weighted by atomic mass is 10.1. The first-order valence-corrected chi connectivity index (χ1v) is 13.8. The number of hydrogen-bond acceptors (Lipinski definition) is 2. The first-order chi connectivity index (χ1) is 17.8. The number of rotatable bonds is 3. The predicted molar refractivity (Wildman–Crippen MR) is 149 cm³/mol. The molecule has 36 heavy (non-hydrogen) atoms. The van der Waals surface area contributed by atoms with Gasteiger partial charge in [-0.05, 0) is 45.0 Å². The second-order valence-corrected chi connectivity index (χ2v) is 12.5. The van der Waals surface area contributed by atoms with E-state index in [9.17, 15) is 5.26 Å². The molecule has 0 unspecified atom stereocenters. The van der Waals surface area contributed by atoms with Gasteiger partial charge < -0.3 is 4.90 Å². The normalized spacial score (nSPS) is 13.1. The highest BCUT2D eigenvalue weighted by Crippen LogP contribution is 2.40. The van der Waals surface area contributed by atoms with Crippen molar-refractivity contribution in [3.05, 3.63) is 144 Å². The summed E-state index contributed by atoms with van der Waals surface area (Å²) in [5.41, 5.74) is 3.88. The van der Waals surface area contributed by atoms with Gasteiger partial charge in [-0.2, -0.15) is 5.26 Å². The molecule has 0 aliphatic carbocycles. The average molecular weight is 476 g/mol. The fraction of sp³-hybridized carbons (Fsp3) is 0. The first kappa shape index (κ1) is 21.6. The molecule has 0 bridgehead atoms. The Morgan fingerprint density at radius 2 is 1.11 bits per heavy atom. The molecule has 6 rings (SSSR count). The highest BCUT2D eigenvalue weighted by Gasteiger charge is 2.48. The van der Waals surface area contributed by atoms with Gasteiger partial charge in [-0.1, -0.05) is 103 Å². The molecule has 168 valence electrons. The molecule has 0 atom stereocenters. The molecular formula is C32H21N3Si. The van der Waals surface area contributed by atoms with Crippen LogP contribution in [0.4, 0.5) is 22.7 Å². The van der Waals surface area contributed by atoms with E-state index in [1.165, 1.54) is 20.7 Å². The van der Waals surface area contributed by atoms with Gasteiger partial charge in [0.05, 0.1) is 23.9 Å². The maximum absolute atomic E-state index is 10.1. The van der Waals surface area contributed by atoms with Gasteiger partial charge in [-0.25, -0.2) is 4.85 Å². The minimum atomic E-state index is -2.67. The molecule has 4 heteroatoms. The van der Waals surface area contributed by atoms with Crippen LogP contribution in [0.2, 0.25) is 0 Å². The molecule has 0 saturated carbocycles. The minimum Gasteiger partial charge on any atom is -0.309 e. The maximum Gasteiger partial charge on any atom is 0.188 e. The Kier molecular flexibility index (Phi) is 5.23. The topological polar surface area (TPSA) is 31.4 Å². The molecule has 1 aliphatic heterocycles. The second-order valence-electron chi connectivity index (χ2n) is 8.78. The maximum atomic E-state index is 10.1. The Hall–Kier alpha value is -4.90. The third kappa shape index (κ3) is 3.10. The number of fused-ring (bicyclic) bond motifs is 2. The highest BCUT2D eigenvalue weighted by atomic mass is 28.3. The molecule has 0 spiro atoms. The molecular weight excluding hydrogens is 454 g/mol. The molecule has 0 saturated heterocycles. The highest BCUT2D eigenvalue weighted by molar-refractivity contribution is 7.21. The van der Waals surface area contributed by atoms with Gasteiger partial charge in [0.2, 0.25) is 0 Å². The summed E-state index contributed by atoms with van der Waals surface area (Å²) in [5, 5.41) is 15.2. The van der Waals surface area contributed by atoms with Crippen molar-refractivity contribution in [3.63, 3.8) is 0 Å². The van der Waals surface area contributed by atoms with E-state index in [0.717, 1.165) is 17.1 Å². The van der Waals surface area contributed by atoms with Crippen molar-refractivity contribution in [3.8, 4) is 6.07 Å². The van der Waals surface area contributed by atoms with Crippen LogP contribution in [0.1, 0.15) is 5.56 Å². The van der Waals surface area contributed by atoms with Gasteiger partial charge in [0.1, 0.15) is 0 Å². The quantitative estimate of drug-likeness (QED) is 0.258. The van der Waals surface area contributed by atoms with E-state index in [4.69, 9.17) is 6.57 Å². The van der Waals surface area contributed by atoms with Crippen LogP contribution < -0.4 is 25.6 Å². The summed E-state index contributed by atoms with van der Waals surface area (Å²) in [6, 6.07) is 46.6. The fourth-order valence-corrected chi connectivity index (χ4v) is 10.7. The Morgan fingerprint density at radius 3 is 1.61 bits per heavy atom. The minimum absolute atomic E-state index is 0.464. The summed E-state index contributed by atoms with van der Waals surface area (Å²) in [4.78, 5) is 5.75.